The predicted octanol–water partition coefficient (Wildman–Crippen LogP) is 4.65. The Morgan fingerprint density at radius 2 is 2.11 bits per heavy atom. The second-order valence-electron chi connectivity index (χ2n) is 4.20. The van der Waals surface area contributed by atoms with Crippen LogP contribution in [0.1, 0.15) is 17.3 Å². The third-order valence-electron chi connectivity index (χ3n) is 2.84. The molecular weight excluding hydrogens is 347 g/mol. The van der Waals surface area contributed by atoms with Crippen molar-refractivity contribution in [3.8, 4) is 0 Å². The van der Waals surface area contributed by atoms with Gasteiger partial charge in [0.2, 0.25) is 0 Å². The fourth-order valence-corrected chi connectivity index (χ4v) is 2.88. The first-order valence-corrected chi connectivity index (χ1v) is 7.37. The van der Waals surface area contributed by atoms with Crippen LogP contribution >= 0.6 is 39.1 Å². The second kappa shape index (κ2) is 6.71. The van der Waals surface area contributed by atoms with Gasteiger partial charge in [0.05, 0.1) is 21.8 Å². The van der Waals surface area contributed by atoms with Gasteiger partial charge in [0.15, 0.2) is 0 Å². The molecule has 0 amide bonds. The number of aromatic nitrogens is 1. The summed E-state index contributed by atoms with van der Waals surface area (Å²) in [6.45, 7) is 0. The highest BCUT2D eigenvalue weighted by atomic mass is 79.9. The Balaban J connectivity index is 2.25. The zero-order valence-corrected chi connectivity index (χ0v) is 13.4. The molecule has 2 nitrogen and oxygen atoms in total. The standard InChI is InChI=1S/C14H13BrCl2N2/c1-18-13(6-9-3-2-4-10(15)5-9)14-12(17)7-11(16)8-19-14/h2-5,7-8,13,18H,6H2,1H3. The molecule has 0 spiro atoms. The lowest BCUT2D eigenvalue weighted by Gasteiger charge is -2.17. The van der Waals surface area contributed by atoms with Crippen molar-refractivity contribution in [2.24, 2.45) is 0 Å². The van der Waals surface area contributed by atoms with Gasteiger partial charge < -0.3 is 5.32 Å². The van der Waals surface area contributed by atoms with E-state index < -0.39 is 0 Å². The van der Waals surface area contributed by atoms with Crippen molar-refractivity contribution < 1.29 is 0 Å². The molecule has 19 heavy (non-hydrogen) atoms. The van der Waals surface area contributed by atoms with E-state index in [9.17, 15) is 0 Å². The van der Waals surface area contributed by atoms with Gasteiger partial charge in [0.25, 0.3) is 0 Å². The van der Waals surface area contributed by atoms with E-state index in [-0.39, 0.29) is 6.04 Å². The quantitative estimate of drug-likeness (QED) is 0.859. The SMILES string of the molecule is CNC(Cc1cccc(Br)c1)c1ncc(Cl)cc1Cl. The van der Waals surface area contributed by atoms with Gasteiger partial charge in [-0.2, -0.15) is 0 Å². The van der Waals surface area contributed by atoms with E-state index in [2.05, 4.69) is 38.4 Å². The Kier molecular flexibility index (Phi) is 5.22. The molecule has 1 unspecified atom stereocenters. The van der Waals surface area contributed by atoms with Crippen LogP contribution in [0, 0.1) is 0 Å². The highest BCUT2D eigenvalue weighted by molar-refractivity contribution is 9.10. The summed E-state index contributed by atoms with van der Waals surface area (Å²) in [6, 6.07) is 9.97. The monoisotopic (exact) mass is 358 g/mol. The Morgan fingerprint density at radius 1 is 1.32 bits per heavy atom. The zero-order chi connectivity index (χ0) is 13.8. The molecule has 0 fully saturated rings. The van der Waals surface area contributed by atoms with Gasteiger partial charge >= 0.3 is 0 Å². The Hall–Kier alpha value is -0.610. The molecule has 0 aliphatic carbocycles. The number of rotatable bonds is 4. The average molecular weight is 360 g/mol. The van der Waals surface area contributed by atoms with Crippen LogP contribution in [0.4, 0.5) is 0 Å². The van der Waals surface area contributed by atoms with Crippen LogP contribution in [0.25, 0.3) is 0 Å². The van der Waals surface area contributed by atoms with Crippen molar-refractivity contribution in [2.75, 3.05) is 7.05 Å². The predicted molar refractivity (Wildman–Crippen MR) is 83.9 cm³/mol. The number of halogens is 3. The lowest BCUT2D eigenvalue weighted by atomic mass is 10.0. The maximum atomic E-state index is 6.20. The molecule has 1 aromatic carbocycles. The van der Waals surface area contributed by atoms with Crippen molar-refractivity contribution in [3.05, 3.63) is 62.3 Å². The first-order valence-electron chi connectivity index (χ1n) is 5.83. The largest absolute Gasteiger partial charge is 0.311 e. The number of pyridine rings is 1. The van der Waals surface area contributed by atoms with Crippen molar-refractivity contribution in [2.45, 2.75) is 12.5 Å². The van der Waals surface area contributed by atoms with E-state index >= 15 is 0 Å². The molecule has 0 aliphatic heterocycles. The van der Waals surface area contributed by atoms with Crippen LogP contribution in [0.15, 0.2) is 41.0 Å². The number of nitrogens with zero attached hydrogens (tertiary/aromatic N) is 1. The minimum absolute atomic E-state index is 0.0547. The van der Waals surface area contributed by atoms with E-state index in [0.29, 0.717) is 10.0 Å². The van der Waals surface area contributed by atoms with E-state index in [4.69, 9.17) is 23.2 Å². The number of hydrogen-bond donors (Lipinski definition) is 1. The smallest absolute Gasteiger partial charge is 0.0763 e. The lowest BCUT2D eigenvalue weighted by molar-refractivity contribution is 0.576. The van der Waals surface area contributed by atoms with E-state index in [1.54, 1.807) is 12.3 Å². The maximum Gasteiger partial charge on any atom is 0.0763 e. The number of likely N-dealkylation sites (N-methyl/N-ethyl adjacent to an activating group) is 1. The molecule has 1 aromatic heterocycles. The number of hydrogen-bond acceptors (Lipinski definition) is 2. The molecule has 5 heteroatoms. The summed E-state index contributed by atoms with van der Waals surface area (Å²) >= 11 is 15.6. The summed E-state index contributed by atoms with van der Waals surface area (Å²) in [7, 11) is 1.90. The fraction of sp³-hybridized carbons (Fsp3) is 0.214. The van der Waals surface area contributed by atoms with E-state index in [1.807, 2.05) is 19.2 Å². The molecular formula is C14H13BrCl2N2. The first-order chi connectivity index (χ1) is 9.10. The van der Waals surface area contributed by atoms with Gasteiger partial charge in [0, 0.05) is 10.7 Å². The summed E-state index contributed by atoms with van der Waals surface area (Å²) in [5.74, 6) is 0. The summed E-state index contributed by atoms with van der Waals surface area (Å²) in [6.07, 6.45) is 2.43. The van der Waals surface area contributed by atoms with E-state index in [1.165, 1.54) is 5.56 Å². The van der Waals surface area contributed by atoms with Crippen LogP contribution in [0.3, 0.4) is 0 Å². The fourth-order valence-electron chi connectivity index (χ4n) is 1.92. The number of benzene rings is 1. The molecule has 100 valence electrons. The van der Waals surface area contributed by atoms with Gasteiger partial charge in [-0.05, 0) is 37.2 Å². The second-order valence-corrected chi connectivity index (χ2v) is 5.96. The van der Waals surface area contributed by atoms with Gasteiger partial charge in [0.1, 0.15) is 0 Å². The Bertz CT molecular complexity index is 575. The van der Waals surface area contributed by atoms with Gasteiger partial charge in [-0.15, -0.1) is 0 Å². The molecule has 0 bridgehead atoms. The molecule has 1 heterocycles. The Morgan fingerprint density at radius 3 is 2.74 bits per heavy atom. The molecule has 2 aromatic rings. The van der Waals surface area contributed by atoms with Gasteiger partial charge in [-0.25, -0.2) is 0 Å². The lowest BCUT2D eigenvalue weighted by Crippen LogP contribution is -2.20. The normalized spacial score (nSPS) is 12.4. The molecule has 1 atom stereocenters. The van der Waals surface area contributed by atoms with Crippen LogP contribution in [0.2, 0.25) is 10.0 Å². The van der Waals surface area contributed by atoms with Crippen LogP contribution < -0.4 is 5.32 Å². The van der Waals surface area contributed by atoms with Crippen molar-refractivity contribution in [1.29, 1.82) is 0 Å². The molecule has 0 saturated carbocycles. The highest BCUT2D eigenvalue weighted by Gasteiger charge is 2.15. The van der Waals surface area contributed by atoms with Gasteiger partial charge in [-0.1, -0.05) is 51.3 Å². The van der Waals surface area contributed by atoms with Crippen LogP contribution in [-0.2, 0) is 6.42 Å². The van der Waals surface area contributed by atoms with Gasteiger partial charge in [-0.3, -0.25) is 4.98 Å². The summed E-state index contributed by atoms with van der Waals surface area (Å²) in [5.41, 5.74) is 2.02. The molecule has 0 aliphatic rings. The van der Waals surface area contributed by atoms with Crippen molar-refractivity contribution in [1.82, 2.24) is 10.3 Å². The highest BCUT2D eigenvalue weighted by Crippen LogP contribution is 2.26. The maximum absolute atomic E-state index is 6.20. The van der Waals surface area contributed by atoms with Crippen LogP contribution in [0.5, 0.6) is 0 Å². The average Bonchev–Trinajstić information content (AvgIpc) is 2.37. The summed E-state index contributed by atoms with van der Waals surface area (Å²) in [5, 5.41) is 4.37. The van der Waals surface area contributed by atoms with Crippen LogP contribution in [-0.4, -0.2) is 12.0 Å². The minimum atomic E-state index is 0.0547. The molecule has 0 saturated heterocycles. The van der Waals surface area contributed by atoms with Crippen molar-refractivity contribution >= 4 is 39.1 Å². The topological polar surface area (TPSA) is 24.9 Å². The first kappa shape index (κ1) is 14.8. The van der Waals surface area contributed by atoms with Crippen molar-refractivity contribution in [3.63, 3.8) is 0 Å². The summed E-state index contributed by atoms with van der Waals surface area (Å²) < 4.78 is 1.06. The Labute approximate surface area is 131 Å². The minimum Gasteiger partial charge on any atom is -0.311 e. The summed E-state index contributed by atoms with van der Waals surface area (Å²) in [4.78, 5) is 4.33. The van der Waals surface area contributed by atoms with E-state index in [0.717, 1.165) is 16.6 Å². The molecule has 1 N–H and O–H groups in total. The molecule has 2 rings (SSSR count). The molecule has 0 radical (unpaired) electrons. The zero-order valence-electron chi connectivity index (χ0n) is 10.3. The number of nitrogens with one attached hydrogen (secondary N) is 1. The third-order valence-corrected chi connectivity index (χ3v) is 3.85. The third kappa shape index (κ3) is 3.93.